The molecule has 3 nitrogen and oxygen atoms in total. The molecule has 102 valence electrons. The number of hydrogen-bond donors (Lipinski definition) is 1. The minimum atomic E-state index is -0.601. The molecule has 0 N–H and O–H groups in total. The molecule has 0 aromatic heterocycles. The topological polar surface area (TPSA) is 37.4 Å². The van der Waals surface area contributed by atoms with Gasteiger partial charge in [-0.3, -0.25) is 9.59 Å². The lowest BCUT2D eigenvalue weighted by atomic mass is 9.86. The number of amides is 2. The molecule has 1 unspecified atom stereocenters. The van der Waals surface area contributed by atoms with Crippen LogP contribution < -0.4 is 4.90 Å². The van der Waals surface area contributed by atoms with Crippen molar-refractivity contribution in [1.82, 2.24) is 0 Å². The number of benzene rings is 1. The Hall–Kier alpha value is -1.36. The van der Waals surface area contributed by atoms with Crippen LogP contribution in [0.3, 0.4) is 0 Å². The lowest BCUT2D eigenvalue weighted by Gasteiger charge is -2.22. The summed E-state index contributed by atoms with van der Waals surface area (Å²) < 4.78 is 13.8. The molecule has 1 saturated heterocycles. The van der Waals surface area contributed by atoms with Crippen molar-refractivity contribution in [2.75, 3.05) is 4.90 Å². The predicted molar refractivity (Wildman–Crippen MR) is 75.0 cm³/mol. The van der Waals surface area contributed by atoms with E-state index < -0.39 is 10.7 Å². The molecule has 0 saturated carbocycles. The third-order valence-corrected chi connectivity index (χ3v) is 3.54. The van der Waals surface area contributed by atoms with Gasteiger partial charge in [-0.05, 0) is 29.2 Å². The van der Waals surface area contributed by atoms with E-state index in [1.54, 1.807) is 6.07 Å². The summed E-state index contributed by atoms with van der Waals surface area (Å²) in [5.41, 5.74) is 0.498. The number of carbonyl (C=O) groups excluding carboxylic acids is 2. The zero-order valence-electron chi connectivity index (χ0n) is 11.1. The fourth-order valence-corrected chi connectivity index (χ4v) is 2.39. The van der Waals surface area contributed by atoms with Gasteiger partial charge in [0.15, 0.2) is 0 Å². The van der Waals surface area contributed by atoms with E-state index in [1.807, 2.05) is 20.8 Å². The molecule has 19 heavy (non-hydrogen) atoms. The molecule has 0 aliphatic carbocycles. The van der Waals surface area contributed by atoms with E-state index in [9.17, 15) is 14.0 Å². The Morgan fingerprint density at radius 3 is 2.42 bits per heavy atom. The van der Waals surface area contributed by atoms with Crippen LogP contribution in [0.15, 0.2) is 18.2 Å². The lowest BCUT2D eigenvalue weighted by Crippen LogP contribution is -2.31. The van der Waals surface area contributed by atoms with Crippen LogP contribution >= 0.6 is 12.6 Å². The lowest BCUT2D eigenvalue weighted by molar-refractivity contribution is -0.121. The monoisotopic (exact) mass is 281 g/mol. The second-order valence-electron chi connectivity index (χ2n) is 5.70. The summed E-state index contributed by atoms with van der Waals surface area (Å²) in [5.74, 6) is -0.978. The first-order valence-corrected chi connectivity index (χ1v) is 6.58. The van der Waals surface area contributed by atoms with Crippen LogP contribution in [0.2, 0.25) is 0 Å². The van der Waals surface area contributed by atoms with Crippen molar-refractivity contribution in [2.24, 2.45) is 0 Å². The molecule has 1 atom stereocenters. The van der Waals surface area contributed by atoms with Gasteiger partial charge in [0, 0.05) is 6.42 Å². The van der Waals surface area contributed by atoms with Crippen molar-refractivity contribution in [3.8, 4) is 0 Å². The Morgan fingerprint density at radius 1 is 1.32 bits per heavy atom. The summed E-state index contributed by atoms with van der Waals surface area (Å²) in [4.78, 5) is 24.8. The molecular weight excluding hydrogens is 265 g/mol. The normalized spacial score (nSPS) is 20.3. The molecule has 1 aliphatic heterocycles. The van der Waals surface area contributed by atoms with Crippen LogP contribution in [0, 0.1) is 5.82 Å². The summed E-state index contributed by atoms with van der Waals surface area (Å²) in [5, 5.41) is -0.601. The first-order chi connectivity index (χ1) is 8.71. The Bertz CT molecular complexity index is 551. The number of imide groups is 1. The second-order valence-corrected chi connectivity index (χ2v) is 6.32. The zero-order chi connectivity index (χ0) is 14.4. The first-order valence-electron chi connectivity index (χ1n) is 6.06. The first kappa shape index (κ1) is 14.1. The van der Waals surface area contributed by atoms with Gasteiger partial charge in [-0.25, -0.2) is 9.29 Å². The minimum absolute atomic E-state index is 0.0875. The predicted octanol–water partition coefficient (Wildman–Crippen LogP) is 2.68. The Kier molecular flexibility index (Phi) is 3.43. The van der Waals surface area contributed by atoms with E-state index in [4.69, 9.17) is 0 Å². The fourth-order valence-electron chi connectivity index (χ4n) is 2.11. The van der Waals surface area contributed by atoms with Crippen molar-refractivity contribution in [1.29, 1.82) is 0 Å². The summed E-state index contributed by atoms with van der Waals surface area (Å²) in [6.45, 7) is 5.64. The molecular formula is C14H16FNO2S. The van der Waals surface area contributed by atoms with E-state index in [0.29, 0.717) is 11.3 Å². The highest BCUT2D eigenvalue weighted by molar-refractivity contribution is 7.82. The quantitative estimate of drug-likeness (QED) is 0.635. The number of rotatable bonds is 1. The van der Waals surface area contributed by atoms with Crippen LogP contribution in [0.25, 0.3) is 0 Å². The van der Waals surface area contributed by atoms with Gasteiger partial charge >= 0.3 is 0 Å². The number of carbonyl (C=O) groups is 2. The highest BCUT2D eigenvalue weighted by Crippen LogP contribution is 2.31. The molecule has 1 fully saturated rings. The molecule has 0 radical (unpaired) electrons. The smallest absolute Gasteiger partial charge is 0.247 e. The van der Waals surface area contributed by atoms with Crippen molar-refractivity contribution >= 4 is 30.1 Å². The van der Waals surface area contributed by atoms with Crippen molar-refractivity contribution < 1.29 is 14.0 Å². The third kappa shape index (κ3) is 2.52. The molecule has 1 aromatic carbocycles. The van der Waals surface area contributed by atoms with Crippen molar-refractivity contribution in [2.45, 2.75) is 37.9 Å². The third-order valence-electron chi connectivity index (χ3n) is 3.14. The highest BCUT2D eigenvalue weighted by Gasteiger charge is 2.37. The molecule has 1 aromatic rings. The maximum Gasteiger partial charge on any atom is 0.247 e. The van der Waals surface area contributed by atoms with Gasteiger partial charge in [0.25, 0.3) is 0 Å². The molecule has 2 amide bonds. The molecule has 1 heterocycles. The van der Waals surface area contributed by atoms with E-state index in [0.717, 1.165) is 4.90 Å². The van der Waals surface area contributed by atoms with E-state index in [2.05, 4.69) is 12.6 Å². The van der Waals surface area contributed by atoms with Crippen LogP contribution in [-0.2, 0) is 15.0 Å². The average Bonchev–Trinajstić information content (AvgIpc) is 2.53. The van der Waals surface area contributed by atoms with Gasteiger partial charge in [-0.2, -0.15) is 12.6 Å². The molecule has 0 bridgehead atoms. The van der Waals surface area contributed by atoms with Crippen LogP contribution in [0.1, 0.15) is 32.8 Å². The van der Waals surface area contributed by atoms with Gasteiger partial charge in [0.1, 0.15) is 5.82 Å². The van der Waals surface area contributed by atoms with Gasteiger partial charge in [0.2, 0.25) is 11.8 Å². The second kappa shape index (κ2) is 4.63. The van der Waals surface area contributed by atoms with Crippen LogP contribution in [0.5, 0.6) is 0 Å². The number of anilines is 1. The molecule has 0 spiro atoms. The van der Waals surface area contributed by atoms with E-state index in [1.165, 1.54) is 12.1 Å². The standard InChI is InChI=1S/C14H16FNO2S/c1-14(2,3)9-6-8(4-5-10(9)15)16-12(17)7-11(19)13(16)18/h4-6,11,19H,7H2,1-3H3. The van der Waals surface area contributed by atoms with Gasteiger partial charge in [-0.1, -0.05) is 20.8 Å². The summed E-state index contributed by atoms with van der Waals surface area (Å²) in [6, 6.07) is 4.31. The summed E-state index contributed by atoms with van der Waals surface area (Å²) in [6.07, 6.45) is 0.0875. The van der Waals surface area contributed by atoms with E-state index >= 15 is 0 Å². The maximum absolute atomic E-state index is 13.8. The Labute approximate surface area is 117 Å². The maximum atomic E-state index is 13.8. The van der Waals surface area contributed by atoms with Crippen LogP contribution in [0.4, 0.5) is 10.1 Å². The minimum Gasteiger partial charge on any atom is -0.274 e. The number of halogens is 1. The molecule has 2 rings (SSSR count). The van der Waals surface area contributed by atoms with Gasteiger partial charge < -0.3 is 0 Å². The molecule has 5 heteroatoms. The highest BCUT2D eigenvalue weighted by atomic mass is 32.1. The van der Waals surface area contributed by atoms with Crippen molar-refractivity contribution in [3.63, 3.8) is 0 Å². The van der Waals surface area contributed by atoms with Gasteiger partial charge in [-0.15, -0.1) is 0 Å². The zero-order valence-corrected chi connectivity index (χ0v) is 12.0. The Morgan fingerprint density at radius 2 is 1.95 bits per heavy atom. The van der Waals surface area contributed by atoms with E-state index in [-0.39, 0.29) is 24.1 Å². The van der Waals surface area contributed by atoms with Gasteiger partial charge in [0.05, 0.1) is 10.9 Å². The average molecular weight is 281 g/mol. The molecule has 1 aliphatic rings. The summed E-state index contributed by atoms with van der Waals surface area (Å²) in [7, 11) is 0. The Balaban J connectivity index is 2.48. The fraction of sp³-hybridized carbons (Fsp3) is 0.429. The summed E-state index contributed by atoms with van der Waals surface area (Å²) >= 11 is 4.07. The largest absolute Gasteiger partial charge is 0.274 e. The number of hydrogen-bond acceptors (Lipinski definition) is 3. The number of thiol groups is 1. The van der Waals surface area contributed by atoms with Crippen molar-refractivity contribution in [3.05, 3.63) is 29.6 Å². The number of nitrogens with zero attached hydrogens (tertiary/aromatic N) is 1. The SMILES string of the molecule is CC(C)(C)c1cc(N2C(=O)CC(S)C2=O)ccc1F. The van der Waals surface area contributed by atoms with Crippen LogP contribution in [-0.4, -0.2) is 17.1 Å².